The normalized spacial score (nSPS) is 11.7. The average molecular weight is 256 g/mol. The van der Waals surface area contributed by atoms with Gasteiger partial charge in [-0.25, -0.2) is 4.79 Å². The molecule has 0 unspecified atom stereocenters. The van der Waals surface area contributed by atoms with Gasteiger partial charge in [-0.1, -0.05) is 25.6 Å². The molecule has 0 saturated heterocycles. The molecule has 0 atom stereocenters. The van der Waals surface area contributed by atoms with E-state index in [9.17, 15) is 4.79 Å². The second kappa shape index (κ2) is 8.07. The molecule has 0 saturated carbocycles. The van der Waals surface area contributed by atoms with Gasteiger partial charge >= 0.3 is 5.97 Å². The van der Waals surface area contributed by atoms with Crippen LogP contribution in [0.2, 0.25) is 19.6 Å². The van der Waals surface area contributed by atoms with Gasteiger partial charge in [0.2, 0.25) is 0 Å². The lowest BCUT2D eigenvalue weighted by molar-refractivity contribution is -0.137. The van der Waals surface area contributed by atoms with Gasteiger partial charge in [0, 0.05) is 13.2 Å². The van der Waals surface area contributed by atoms with Gasteiger partial charge < -0.3 is 14.2 Å². The van der Waals surface area contributed by atoms with Crippen LogP contribution >= 0.6 is 0 Å². The van der Waals surface area contributed by atoms with Crippen LogP contribution in [0, 0.1) is 11.5 Å². The van der Waals surface area contributed by atoms with E-state index in [1.807, 2.05) is 0 Å². The summed E-state index contributed by atoms with van der Waals surface area (Å²) in [7, 11) is 1.42. The predicted octanol–water partition coefficient (Wildman–Crippen LogP) is 1.59. The summed E-state index contributed by atoms with van der Waals surface area (Å²) in [6.45, 7) is 6.67. The van der Waals surface area contributed by atoms with Gasteiger partial charge in [0.15, 0.2) is 0 Å². The summed E-state index contributed by atoms with van der Waals surface area (Å²) in [5, 5.41) is 0. The van der Waals surface area contributed by atoms with Crippen LogP contribution in [-0.2, 0) is 19.0 Å². The van der Waals surface area contributed by atoms with Gasteiger partial charge in [-0.15, -0.1) is 5.54 Å². The van der Waals surface area contributed by atoms with Crippen molar-refractivity contribution >= 4 is 14.0 Å². The highest BCUT2D eigenvalue weighted by Gasteiger charge is 2.10. The molecule has 17 heavy (non-hydrogen) atoms. The van der Waals surface area contributed by atoms with E-state index >= 15 is 0 Å². The van der Waals surface area contributed by atoms with Crippen LogP contribution in [0.15, 0.2) is 11.6 Å². The first-order valence-corrected chi connectivity index (χ1v) is 8.77. The molecule has 0 aliphatic carbocycles. The molecule has 0 aliphatic heterocycles. The summed E-state index contributed by atoms with van der Waals surface area (Å²) in [6.07, 6.45) is 1.56. The molecule has 0 aromatic rings. The molecule has 0 amide bonds. The first-order valence-electron chi connectivity index (χ1n) is 5.27. The number of hydrogen-bond acceptors (Lipinski definition) is 4. The number of esters is 1. The number of allylic oxidation sites excluding steroid dienone is 1. The zero-order chi connectivity index (χ0) is 13.3. The minimum Gasteiger partial charge on any atom is -0.466 e. The number of rotatable bonds is 5. The van der Waals surface area contributed by atoms with E-state index in [0.717, 1.165) is 0 Å². The summed E-state index contributed by atoms with van der Waals surface area (Å²) in [6, 6.07) is 0. The van der Waals surface area contributed by atoms with E-state index in [1.165, 1.54) is 14.2 Å². The quantitative estimate of drug-likeness (QED) is 0.187. The zero-order valence-electron chi connectivity index (χ0n) is 11.1. The lowest BCUT2D eigenvalue weighted by Gasteiger charge is -2.05. The Kier molecular flexibility index (Phi) is 7.55. The van der Waals surface area contributed by atoms with Gasteiger partial charge in [-0.3, -0.25) is 0 Å². The highest BCUT2D eigenvalue weighted by atomic mass is 28.3. The van der Waals surface area contributed by atoms with Crippen LogP contribution in [0.4, 0.5) is 0 Å². The molecular formula is C12H20O4Si. The van der Waals surface area contributed by atoms with Crippen LogP contribution in [-0.4, -0.2) is 41.7 Å². The molecule has 0 fully saturated rings. The van der Waals surface area contributed by atoms with Gasteiger partial charge in [0.1, 0.15) is 14.9 Å². The zero-order valence-corrected chi connectivity index (χ0v) is 12.1. The maximum absolute atomic E-state index is 11.4. The van der Waals surface area contributed by atoms with Gasteiger partial charge in [0.05, 0.1) is 19.3 Å². The molecule has 0 rings (SSSR count). The van der Waals surface area contributed by atoms with Crippen LogP contribution in [0.25, 0.3) is 0 Å². The predicted molar refractivity (Wildman–Crippen MR) is 69.0 cm³/mol. The first-order chi connectivity index (χ1) is 7.90. The van der Waals surface area contributed by atoms with Crippen molar-refractivity contribution in [1.29, 1.82) is 0 Å². The van der Waals surface area contributed by atoms with Crippen molar-refractivity contribution < 1.29 is 19.0 Å². The van der Waals surface area contributed by atoms with E-state index in [4.69, 9.17) is 9.47 Å². The molecule has 96 valence electrons. The van der Waals surface area contributed by atoms with Crippen molar-refractivity contribution in [3.63, 3.8) is 0 Å². The maximum Gasteiger partial charge on any atom is 0.336 e. The molecule has 0 aromatic heterocycles. The smallest absolute Gasteiger partial charge is 0.336 e. The molecule has 0 radical (unpaired) electrons. The molecular weight excluding hydrogens is 236 g/mol. The van der Waals surface area contributed by atoms with Crippen LogP contribution in [0.1, 0.15) is 0 Å². The Balaban J connectivity index is 4.61. The largest absolute Gasteiger partial charge is 0.466 e. The molecule has 0 aliphatic rings. The molecule has 0 heterocycles. The third-order valence-corrected chi connectivity index (χ3v) is 2.49. The van der Waals surface area contributed by atoms with Crippen molar-refractivity contribution in [3.05, 3.63) is 11.6 Å². The minimum atomic E-state index is -1.43. The van der Waals surface area contributed by atoms with Crippen LogP contribution in [0.5, 0.6) is 0 Å². The van der Waals surface area contributed by atoms with Crippen molar-refractivity contribution in [2.75, 3.05) is 27.6 Å². The fourth-order valence-corrected chi connectivity index (χ4v) is 1.37. The average Bonchev–Trinajstić information content (AvgIpc) is 2.24. The summed E-state index contributed by atoms with van der Waals surface area (Å²) in [5.74, 6) is 2.47. The molecule has 0 N–H and O–H groups in total. The SMILES string of the molecule is COCOC/C(=C\C#C[Si](C)(C)C)C(=O)OC. The van der Waals surface area contributed by atoms with E-state index in [1.54, 1.807) is 6.08 Å². The Morgan fingerprint density at radius 1 is 1.29 bits per heavy atom. The Bertz CT molecular complexity index is 331. The number of ether oxygens (including phenoxy) is 3. The molecule has 4 nitrogen and oxygen atoms in total. The minimum absolute atomic E-state index is 0.135. The molecule has 0 aromatic carbocycles. The topological polar surface area (TPSA) is 44.8 Å². The lowest BCUT2D eigenvalue weighted by atomic mass is 10.3. The Morgan fingerprint density at radius 3 is 2.41 bits per heavy atom. The number of carbonyl (C=O) groups is 1. The van der Waals surface area contributed by atoms with E-state index in [2.05, 4.69) is 35.8 Å². The Morgan fingerprint density at radius 2 is 1.94 bits per heavy atom. The summed E-state index contributed by atoms with van der Waals surface area (Å²) in [4.78, 5) is 11.4. The number of methoxy groups -OCH3 is 2. The summed E-state index contributed by atoms with van der Waals surface area (Å²) >= 11 is 0. The van der Waals surface area contributed by atoms with E-state index < -0.39 is 14.0 Å². The van der Waals surface area contributed by atoms with Crippen molar-refractivity contribution in [1.82, 2.24) is 0 Å². The fourth-order valence-electron chi connectivity index (χ4n) is 0.865. The fraction of sp³-hybridized carbons (Fsp3) is 0.583. The number of carbonyl (C=O) groups excluding carboxylic acids is 1. The summed E-state index contributed by atoms with van der Waals surface area (Å²) in [5.41, 5.74) is 3.54. The van der Waals surface area contributed by atoms with Gasteiger partial charge in [-0.2, -0.15) is 0 Å². The van der Waals surface area contributed by atoms with Crippen LogP contribution in [0.3, 0.4) is 0 Å². The number of hydrogen-bond donors (Lipinski definition) is 0. The highest BCUT2D eigenvalue weighted by Crippen LogP contribution is 2.00. The van der Waals surface area contributed by atoms with Gasteiger partial charge in [0.25, 0.3) is 0 Å². The second-order valence-corrected chi connectivity index (χ2v) is 9.19. The first kappa shape index (κ1) is 15.9. The Hall–Kier alpha value is -1.09. The molecule has 0 bridgehead atoms. The maximum atomic E-state index is 11.4. The molecule has 5 heteroatoms. The third kappa shape index (κ3) is 8.69. The highest BCUT2D eigenvalue weighted by molar-refractivity contribution is 6.83. The molecule has 0 spiro atoms. The van der Waals surface area contributed by atoms with E-state index in [0.29, 0.717) is 5.57 Å². The Labute approximate surface area is 104 Å². The second-order valence-electron chi connectivity index (χ2n) is 4.44. The standard InChI is InChI=1S/C12H20O4Si/c1-14-10-16-9-11(12(13)15-2)7-6-8-17(3,4)5/h7H,9-10H2,1-5H3/b11-7+. The lowest BCUT2D eigenvalue weighted by Crippen LogP contribution is -2.16. The van der Waals surface area contributed by atoms with E-state index in [-0.39, 0.29) is 13.4 Å². The van der Waals surface area contributed by atoms with Crippen LogP contribution < -0.4 is 0 Å². The monoisotopic (exact) mass is 256 g/mol. The van der Waals surface area contributed by atoms with Crippen molar-refractivity contribution in [2.24, 2.45) is 0 Å². The van der Waals surface area contributed by atoms with Gasteiger partial charge in [-0.05, 0) is 0 Å². The summed E-state index contributed by atoms with van der Waals surface area (Å²) < 4.78 is 14.5. The van der Waals surface area contributed by atoms with Crippen molar-refractivity contribution in [3.8, 4) is 11.5 Å². The third-order valence-electron chi connectivity index (χ3n) is 1.60. The van der Waals surface area contributed by atoms with Crippen molar-refractivity contribution in [2.45, 2.75) is 19.6 Å².